The normalized spacial score (nSPS) is 20.3. The van der Waals surface area contributed by atoms with Gasteiger partial charge >= 0.3 is 0 Å². The van der Waals surface area contributed by atoms with Crippen molar-refractivity contribution in [3.8, 4) is 0 Å². The topological polar surface area (TPSA) is 54.4 Å². The van der Waals surface area contributed by atoms with Crippen LogP contribution in [-0.4, -0.2) is 22.4 Å². The van der Waals surface area contributed by atoms with E-state index in [9.17, 15) is 14.7 Å². The van der Waals surface area contributed by atoms with Crippen molar-refractivity contribution >= 4 is 24.2 Å². The fourth-order valence-corrected chi connectivity index (χ4v) is 1.80. The van der Waals surface area contributed by atoms with Crippen LogP contribution in [0.15, 0.2) is 23.0 Å². The van der Waals surface area contributed by atoms with Crippen LogP contribution >= 0.6 is 12.6 Å². The first-order valence-corrected chi connectivity index (χ1v) is 5.26. The molecule has 0 unspecified atom stereocenters. The number of hydrogen-bond acceptors (Lipinski definition) is 4. The molecule has 0 aromatic rings. The monoisotopic (exact) mass is 226 g/mol. The minimum Gasteiger partial charge on any atom is -0.507 e. The van der Waals surface area contributed by atoms with E-state index in [0.29, 0.717) is 5.57 Å². The number of carbonyl (C=O) groups excluding carboxylic acids is 2. The molecule has 0 amide bonds. The molecule has 0 spiro atoms. The van der Waals surface area contributed by atoms with Crippen molar-refractivity contribution in [1.29, 1.82) is 0 Å². The summed E-state index contributed by atoms with van der Waals surface area (Å²) in [5.41, 5.74) is -0.288. The summed E-state index contributed by atoms with van der Waals surface area (Å²) >= 11 is 3.83. The van der Waals surface area contributed by atoms with Gasteiger partial charge < -0.3 is 5.11 Å². The van der Waals surface area contributed by atoms with Gasteiger partial charge in [-0.2, -0.15) is 12.6 Å². The average molecular weight is 226 g/mol. The molecule has 1 N–H and O–H groups in total. The zero-order chi connectivity index (χ0) is 11.8. The van der Waals surface area contributed by atoms with Crippen molar-refractivity contribution in [1.82, 2.24) is 0 Å². The summed E-state index contributed by atoms with van der Waals surface area (Å²) in [5, 5.41) is 9.68. The number of carbonyl (C=O) groups is 2. The Morgan fingerprint density at radius 3 is 2.53 bits per heavy atom. The van der Waals surface area contributed by atoms with Gasteiger partial charge in [-0.25, -0.2) is 0 Å². The molecule has 0 aliphatic heterocycles. The lowest BCUT2D eigenvalue weighted by Crippen LogP contribution is -2.32. The molecule has 4 heteroatoms. The number of allylic oxidation sites excluding steroid dienone is 3. The summed E-state index contributed by atoms with van der Waals surface area (Å²) in [6, 6.07) is 0. The highest BCUT2D eigenvalue weighted by atomic mass is 32.1. The highest BCUT2D eigenvalue weighted by molar-refractivity contribution is 7.81. The van der Waals surface area contributed by atoms with Crippen molar-refractivity contribution in [3.05, 3.63) is 23.0 Å². The number of hydrogen-bond donors (Lipinski definition) is 2. The summed E-state index contributed by atoms with van der Waals surface area (Å²) in [7, 11) is 0. The third kappa shape index (κ3) is 2.00. The van der Waals surface area contributed by atoms with Gasteiger partial charge in [-0.3, -0.25) is 9.59 Å². The number of rotatable bonds is 2. The third-order valence-corrected chi connectivity index (χ3v) is 2.71. The van der Waals surface area contributed by atoms with Gasteiger partial charge in [0.25, 0.3) is 0 Å². The Balaban J connectivity index is 3.33. The van der Waals surface area contributed by atoms with Gasteiger partial charge in [-0.1, -0.05) is 6.08 Å². The summed E-state index contributed by atoms with van der Waals surface area (Å²) in [5.74, 6) is -1.06. The summed E-state index contributed by atoms with van der Waals surface area (Å²) in [6.07, 6.45) is 1.67. The Labute approximate surface area is 94.3 Å². The van der Waals surface area contributed by atoms with E-state index >= 15 is 0 Å². The van der Waals surface area contributed by atoms with Gasteiger partial charge in [0.1, 0.15) is 11.3 Å². The molecule has 0 saturated heterocycles. The molecule has 0 heterocycles. The fourth-order valence-electron chi connectivity index (χ4n) is 1.64. The molecule has 0 atom stereocenters. The minimum absolute atomic E-state index is 0.0749. The van der Waals surface area contributed by atoms with Gasteiger partial charge in [0.15, 0.2) is 11.6 Å². The van der Waals surface area contributed by atoms with E-state index < -0.39 is 11.2 Å². The molecule has 3 nitrogen and oxygen atoms in total. The Hall–Kier alpha value is -1.03. The molecule has 0 aromatic heterocycles. The highest BCUT2D eigenvalue weighted by Crippen LogP contribution is 2.33. The maximum Gasteiger partial charge on any atom is 0.179 e. The number of thiol groups is 1. The van der Waals surface area contributed by atoms with Crippen molar-refractivity contribution in [2.45, 2.75) is 20.8 Å². The quantitative estimate of drug-likeness (QED) is 0.558. The lowest BCUT2D eigenvalue weighted by Gasteiger charge is -2.26. The Morgan fingerprint density at radius 2 is 2.07 bits per heavy atom. The van der Waals surface area contributed by atoms with Crippen LogP contribution in [0.2, 0.25) is 0 Å². The number of ketones is 2. The van der Waals surface area contributed by atoms with E-state index in [1.165, 1.54) is 0 Å². The summed E-state index contributed by atoms with van der Waals surface area (Å²) < 4.78 is 0. The molecule has 1 aliphatic rings. The third-order valence-electron chi connectivity index (χ3n) is 2.42. The second kappa shape index (κ2) is 3.85. The van der Waals surface area contributed by atoms with E-state index in [2.05, 4.69) is 12.6 Å². The van der Waals surface area contributed by atoms with Crippen molar-refractivity contribution in [3.63, 3.8) is 0 Å². The van der Waals surface area contributed by atoms with Gasteiger partial charge in [0, 0.05) is 5.41 Å². The molecule has 15 heavy (non-hydrogen) atoms. The SMILES string of the molecule is CC1=CC(C)(C)C(=O)C(C(=O)CS)=C1O. The zero-order valence-electron chi connectivity index (χ0n) is 9.00. The van der Waals surface area contributed by atoms with E-state index in [-0.39, 0.29) is 22.9 Å². The lowest BCUT2D eigenvalue weighted by molar-refractivity contribution is -0.124. The Kier molecular flexibility index (Phi) is 3.09. The lowest BCUT2D eigenvalue weighted by atomic mass is 9.76. The Bertz CT molecular complexity index is 389. The maximum atomic E-state index is 11.9. The van der Waals surface area contributed by atoms with Crippen LogP contribution in [0.3, 0.4) is 0 Å². The second-order valence-corrected chi connectivity index (χ2v) is 4.50. The molecule has 0 bridgehead atoms. The van der Waals surface area contributed by atoms with E-state index in [1.807, 2.05) is 0 Å². The van der Waals surface area contributed by atoms with Gasteiger partial charge in [0.2, 0.25) is 0 Å². The van der Waals surface area contributed by atoms with Gasteiger partial charge in [-0.15, -0.1) is 0 Å². The molecule has 0 fully saturated rings. The smallest absolute Gasteiger partial charge is 0.179 e. The zero-order valence-corrected chi connectivity index (χ0v) is 9.89. The molecular formula is C11H14O3S. The van der Waals surface area contributed by atoms with Gasteiger partial charge in [0.05, 0.1) is 5.75 Å². The maximum absolute atomic E-state index is 11.9. The first kappa shape index (κ1) is 12.0. The largest absolute Gasteiger partial charge is 0.507 e. The minimum atomic E-state index is -0.732. The molecule has 1 aliphatic carbocycles. The van der Waals surface area contributed by atoms with Crippen molar-refractivity contribution in [2.24, 2.45) is 5.41 Å². The number of aliphatic hydroxyl groups is 1. The highest BCUT2D eigenvalue weighted by Gasteiger charge is 2.37. The summed E-state index contributed by atoms with van der Waals surface area (Å²) in [4.78, 5) is 23.4. The average Bonchev–Trinajstić information content (AvgIpc) is 2.14. The number of aliphatic hydroxyl groups excluding tert-OH is 1. The van der Waals surface area contributed by atoms with E-state index in [1.54, 1.807) is 26.8 Å². The standard InChI is InChI=1S/C11H14O3S/c1-6-4-11(2,3)10(14)8(9(6)13)7(12)5-15/h4,13,15H,5H2,1-3H3. The molecule has 0 radical (unpaired) electrons. The molecule has 1 rings (SSSR count). The van der Waals surface area contributed by atoms with E-state index in [4.69, 9.17) is 0 Å². The predicted octanol–water partition coefficient (Wildman–Crippen LogP) is 1.85. The van der Waals surface area contributed by atoms with Crippen LogP contribution < -0.4 is 0 Å². The first-order chi connectivity index (χ1) is 6.81. The van der Waals surface area contributed by atoms with Crippen LogP contribution in [0.4, 0.5) is 0 Å². The first-order valence-electron chi connectivity index (χ1n) is 4.63. The number of Topliss-reactive ketones (excluding diaryl/α,β-unsaturated/α-hetero) is 2. The Morgan fingerprint density at radius 1 is 1.53 bits per heavy atom. The second-order valence-electron chi connectivity index (χ2n) is 4.18. The fraction of sp³-hybridized carbons (Fsp3) is 0.455. The predicted molar refractivity (Wildman–Crippen MR) is 61.1 cm³/mol. The van der Waals surface area contributed by atoms with Gasteiger partial charge in [-0.05, 0) is 26.3 Å². The van der Waals surface area contributed by atoms with Crippen LogP contribution in [0, 0.1) is 5.41 Å². The van der Waals surface area contributed by atoms with Crippen molar-refractivity contribution < 1.29 is 14.7 Å². The van der Waals surface area contributed by atoms with E-state index in [0.717, 1.165) is 0 Å². The molecule has 0 aromatic carbocycles. The van der Waals surface area contributed by atoms with Crippen LogP contribution in [-0.2, 0) is 9.59 Å². The summed E-state index contributed by atoms with van der Waals surface area (Å²) in [6.45, 7) is 5.11. The molecule has 82 valence electrons. The van der Waals surface area contributed by atoms with Crippen LogP contribution in [0.5, 0.6) is 0 Å². The van der Waals surface area contributed by atoms with Crippen LogP contribution in [0.1, 0.15) is 20.8 Å². The van der Waals surface area contributed by atoms with Crippen LogP contribution in [0.25, 0.3) is 0 Å². The molecule has 0 saturated carbocycles. The van der Waals surface area contributed by atoms with Crippen molar-refractivity contribution in [2.75, 3.05) is 5.75 Å². The molecular weight excluding hydrogens is 212 g/mol.